The third kappa shape index (κ3) is 2.39. The molecule has 0 saturated heterocycles. The molecular weight excluding hydrogens is 212 g/mol. The fourth-order valence-corrected chi connectivity index (χ4v) is 2.05. The van der Waals surface area contributed by atoms with E-state index in [0.717, 1.165) is 29.3 Å². The summed E-state index contributed by atoms with van der Waals surface area (Å²) in [5.41, 5.74) is 7.64. The highest BCUT2D eigenvalue weighted by molar-refractivity contribution is 5.79. The van der Waals surface area contributed by atoms with Gasteiger partial charge in [0, 0.05) is 18.7 Å². The highest BCUT2D eigenvalue weighted by Crippen LogP contribution is 2.13. The molecule has 0 aliphatic rings. The fourth-order valence-electron chi connectivity index (χ4n) is 2.05. The summed E-state index contributed by atoms with van der Waals surface area (Å²) in [6, 6.07) is 10.0. The van der Waals surface area contributed by atoms with Gasteiger partial charge in [-0.1, -0.05) is 18.2 Å². The van der Waals surface area contributed by atoms with Crippen molar-refractivity contribution >= 4 is 10.9 Å². The standard InChI is InChI=1S/C14H18N2O/c1-10(15)7-8-12-9-11-5-3-4-6-13(11)16(2)14(12)17/h3-6,9-10H,7-8,15H2,1-2H3. The molecule has 0 saturated carbocycles. The van der Waals surface area contributed by atoms with Gasteiger partial charge in [0.2, 0.25) is 0 Å². The molecule has 0 fully saturated rings. The average molecular weight is 230 g/mol. The van der Waals surface area contributed by atoms with Gasteiger partial charge in [0.1, 0.15) is 0 Å². The van der Waals surface area contributed by atoms with Gasteiger partial charge >= 0.3 is 0 Å². The number of nitrogens with zero attached hydrogens (tertiary/aromatic N) is 1. The smallest absolute Gasteiger partial charge is 0.253 e. The molecule has 1 aromatic carbocycles. The van der Waals surface area contributed by atoms with E-state index >= 15 is 0 Å². The molecule has 1 aromatic heterocycles. The van der Waals surface area contributed by atoms with Crippen LogP contribution in [0.4, 0.5) is 0 Å². The molecule has 0 radical (unpaired) electrons. The maximum Gasteiger partial charge on any atom is 0.253 e. The normalized spacial score (nSPS) is 12.9. The Balaban J connectivity index is 2.50. The van der Waals surface area contributed by atoms with E-state index in [4.69, 9.17) is 5.73 Å². The molecule has 2 rings (SSSR count). The first-order valence-corrected chi connectivity index (χ1v) is 5.93. The molecule has 0 aliphatic heterocycles. The summed E-state index contributed by atoms with van der Waals surface area (Å²) in [5, 5.41) is 1.11. The van der Waals surface area contributed by atoms with E-state index in [9.17, 15) is 4.79 Å². The molecule has 1 heterocycles. The Morgan fingerprint density at radius 1 is 1.35 bits per heavy atom. The molecular formula is C14H18N2O. The minimum Gasteiger partial charge on any atom is -0.328 e. The summed E-state index contributed by atoms with van der Waals surface area (Å²) in [5.74, 6) is 0. The average Bonchev–Trinajstić information content (AvgIpc) is 2.32. The maximum atomic E-state index is 12.1. The van der Waals surface area contributed by atoms with Crippen LogP contribution in [0, 0.1) is 0 Å². The lowest BCUT2D eigenvalue weighted by Crippen LogP contribution is -2.23. The zero-order chi connectivity index (χ0) is 12.4. The molecule has 2 N–H and O–H groups in total. The predicted molar refractivity (Wildman–Crippen MR) is 71.2 cm³/mol. The summed E-state index contributed by atoms with van der Waals surface area (Å²) < 4.78 is 1.71. The van der Waals surface area contributed by atoms with Crippen LogP contribution in [-0.4, -0.2) is 10.6 Å². The zero-order valence-corrected chi connectivity index (χ0v) is 10.3. The van der Waals surface area contributed by atoms with Crippen molar-refractivity contribution in [2.45, 2.75) is 25.8 Å². The summed E-state index contributed by atoms with van der Waals surface area (Å²) in [6.45, 7) is 1.96. The summed E-state index contributed by atoms with van der Waals surface area (Å²) in [4.78, 5) is 12.1. The van der Waals surface area contributed by atoms with Gasteiger partial charge in [0.25, 0.3) is 5.56 Å². The minimum absolute atomic E-state index is 0.0874. The van der Waals surface area contributed by atoms with Crippen molar-refractivity contribution in [2.24, 2.45) is 12.8 Å². The fraction of sp³-hybridized carbons (Fsp3) is 0.357. The van der Waals surface area contributed by atoms with Crippen LogP contribution in [0.5, 0.6) is 0 Å². The molecule has 3 nitrogen and oxygen atoms in total. The summed E-state index contributed by atoms with van der Waals surface area (Å²) in [6.07, 6.45) is 1.59. The first kappa shape index (κ1) is 11.9. The Labute approximate surface area is 101 Å². The van der Waals surface area contributed by atoms with Crippen molar-refractivity contribution in [3.05, 3.63) is 46.2 Å². The number of hydrogen-bond donors (Lipinski definition) is 1. The van der Waals surface area contributed by atoms with Gasteiger partial charge in [-0.15, -0.1) is 0 Å². The molecule has 2 aromatic rings. The monoisotopic (exact) mass is 230 g/mol. The molecule has 1 atom stereocenters. The largest absolute Gasteiger partial charge is 0.328 e. The number of benzene rings is 1. The number of fused-ring (bicyclic) bond motifs is 1. The second kappa shape index (κ2) is 4.72. The van der Waals surface area contributed by atoms with Crippen LogP contribution in [0.2, 0.25) is 0 Å². The van der Waals surface area contributed by atoms with E-state index in [-0.39, 0.29) is 11.6 Å². The van der Waals surface area contributed by atoms with Crippen LogP contribution in [-0.2, 0) is 13.5 Å². The summed E-state index contributed by atoms with van der Waals surface area (Å²) >= 11 is 0. The van der Waals surface area contributed by atoms with E-state index in [1.807, 2.05) is 44.3 Å². The lowest BCUT2D eigenvalue weighted by molar-refractivity contribution is 0.660. The van der Waals surface area contributed by atoms with Crippen molar-refractivity contribution in [1.29, 1.82) is 0 Å². The molecule has 3 heteroatoms. The maximum absolute atomic E-state index is 12.1. The van der Waals surface area contributed by atoms with Crippen LogP contribution in [0.15, 0.2) is 35.1 Å². The molecule has 0 spiro atoms. The van der Waals surface area contributed by atoms with Crippen LogP contribution < -0.4 is 11.3 Å². The Morgan fingerprint density at radius 2 is 2.06 bits per heavy atom. The minimum atomic E-state index is 0.0874. The Bertz CT molecular complexity index is 584. The van der Waals surface area contributed by atoms with Gasteiger partial charge in [0.05, 0.1) is 5.52 Å². The summed E-state index contributed by atoms with van der Waals surface area (Å²) in [7, 11) is 1.82. The molecule has 17 heavy (non-hydrogen) atoms. The lowest BCUT2D eigenvalue weighted by Gasteiger charge is -2.09. The Hall–Kier alpha value is -1.61. The van der Waals surface area contributed by atoms with Gasteiger partial charge in [0.15, 0.2) is 0 Å². The molecule has 0 amide bonds. The number of para-hydroxylation sites is 1. The Kier molecular flexibility index (Phi) is 3.29. The van der Waals surface area contributed by atoms with E-state index in [0.29, 0.717) is 0 Å². The quantitative estimate of drug-likeness (QED) is 0.874. The first-order chi connectivity index (χ1) is 8.09. The van der Waals surface area contributed by atoms with Gasteiger partial charge < -0.3 is 10.3 Å². The number of nitrogens with two attached hydrogens (primary N) is 1. The van der Waals surface area contributed by atoms with Crippen molar-refractivity contribution in [1.82, 2.24) is 4.57 Å². The predicted octanol–water partition coefficient (Wildman–Crippen LogP) is 1.82. The third-order valence-electron chi connectivity index (χ3n) is 3.08. The van der Waals surface area contributed by atoms with Gasteiger partial charge in [-0.2, -0.15) is 0 Å². The molecule has 1 unspecified atom stereocenters. The van der Waals surface area contributed by atoms with Crippen molar-refractivity contribution in [2.75, 3.05) is 0 Å². The van der Waals surface area contributed by atoms with Crippen LogP contribution in [0.25, 0.3) is 10.9 Å². The zero-order valence-electron chi connectivity index (χ0n) is 10.3. The van der Waals surface area contributed by atoms with Crippen molar-refractivity contribution < 1.29 is 0 Å². The van der Waals surface area contributed by atoms with E-state index in [1.165, 1.54) is 0 Å². The van der Waals surface area contributed by atoms with Crippen molar-refractivity contribution in [3.63, 3.8) is 0 Å². The van der Waals surface area contributed by atoms with E-state index in [2.05, 4.69) is 0 Å². The number of pyridine rings is 1. The first-order valence-electron chi connectivity index (χ1n) is 5.93. The topological polar surface area (TPSA) is 48.0 Å². The lowest BCUT2D eigenvalue weighted by atomic mass is 10.1. The van der Waals surface area contributed by atoms with Gasteiger partial charge in [-0.25, -0.2) is 0 Å². The number of aromatic nitrogens is 1. The van der Waals surface area contributed by atoms with Crippen LogP contribution in [0.3, 0.4) is 0 Å². The molecule has 0 aliphatic carbocycles. The molecule has 0 bridgehead atoms. The van der Waals surface area contributed by atoms with Crippen molar-refractivity contribution in [3.8, 4) is 0 Å². The third-order valence-corrected chi connectivity index (χ3v) is 3.08. The number of aryl methyl sites for hydroxylation is 2. The molecule has 90 valence electrons. The van der Waals surface area contributed by atoms with Gasteiger partial charge in [-0.3, -0.25) is 4.79 Å². The van der Waals surface area contributed by atoms with E-state index in [1.54, 1.807) is 4.57 Å². The number of hydrogen-bond acceptors (Lipinski definition) is 2. The van der Waals surface area contributed by atoms with Gasteiger partial charge in [-0.05, 0) is 37.3 Å². The SMILES string of the molecule is CC(N)CCc1cc2ccccc2n(C)c1=O. The van der Waals surface area contributed by atoms with Crippen LogP contribution in [0.1, 0.15) is 18.9 Å². The Morgan fingerprint density at radius 3 is 2.76 bits per heavy atom. The van der Waals surface area contributed by atoms with Crippen LogP contribution >= 0.6 is 0 Å². The highest BCUT2D eigenvalue weighted by Gasteiger charge is 2.06. The second-order valence-corrected chi connectivity index (χ2v) is 4.61. The van der Waals surface area contributed by atoms with E-state index < -0.39 is 0 Å². The highest BCUT2D eigenvalue weighted by atomic mass is 16.1. The number of rotatable bonds is 3. The second-order valence-electron chi connectivity index (χ2n) is 4.61.